The van der Waals surface area contributed by atoms with Crippen molar-refractivity contribution in [1.29, 1.82) is 0 Å². The maximum atomic E-state index is 9.27. The van der Waals surface area contributed by atoms with Gasteiger partial charge in [-0.1, -0.05) is 0 Å². The molecule has 0 aliphatic rings. The first-order valence-electron chi connectivity index (χ1n) is 6.33. The van der Waals surface area contributed by atoms with E-state index in [9.17, 15) is 5.11 Å². The van der Waals surface area contributed by atoms with Crippen LogP contribution in [0.15, 0.2) is 36.4 Å². The summed E-state index contributed by atoms with van der Waals surface area (Å²) in [6.07, 6.45) is -0.825. The van der Waals surface area contributed by atoms with E-state index in [4.69, 9.17) is 10.5 Å². The Balaban J connectivity index is 2.02. The predicted octanol–water partition coefficient (Wildman–Crippen LogP) is 3.87. The summed E-state index contributed by atoms with van der Waals surface area (Å²) in [6.45, 7) is 1.58. The number of anilines is 1. The molecule has 21 heavy (non-hydrogen) atoms. The zero-order chi connectivity index (χ0) is 15.0. The van der Waals surface area contributed by atoms with Crippen molar-refractivity contribution >= 4 is 49.8 Å². The monoisotopic (exact) mass is 412 g/mol. The molecule has 1 heterocycles. The van der Waals surface area contributed by atoms with E-state index in [2.05, 4.69) is 27.6 Å². The van der Waals surface area contributed by atoms with Gasteiger partial charge in [0, 0.05) is 14.8 Å². The van der Waals surface area contributed by atoms with Crippen LogP contribution in [0.5, 0.6) is 5.75 Å². The van der Waals surface area contributed by atoms with E-state index in [1.165, 1.54) is 0 Å². The largest absolute Gasteiger partial charge is 0.465 e. The molecule has 0 saturated heterocycles. The van der Waals surface area contributed by atoms with Crippen molar-refractivity contribution in [2.24, 2.45) is 0 Å². The van der Waals surface area contributed by atoms with Crippen LogP contribution in [0.25, 0.3) is 20.8 Å². The van der Waals surface area contributed by atoms with E-state index in [-0.39, 0.29) is 0 Å². The molecule has 0 amide bonds. The summed E-state index contributed by atoms with van der Waals surface area (Å²) in [5.41, 5.74) is 8.58. The van der Waals surface area contributed by atoms with Gasteiger partial charge in [-0.15, -0.1) is 11.3 Å². The Bertz CT molecular complexity index is 801. The SMILES string of the molecule is CC(O)Oc1ccc2nc(-c3ccc(N)c(I)c3)sc2c1. The number of nitrogens with two attached hydrogens (primary N) is 1. The molecule has 1 unspecified atom stereocenters. The molecular formula is C15H13IN2O2S. The molecule has 0 aliphatic heterocycles. The highest BCUT2D eigenvalue weighted by atomic mass is 127. The fourth-order valence-electron chi connectivity index (χ4n) is 1.96. The molecule has 4 nitrogen and oxygen atoms in total. The minimum absolute atomic E-state index is 0.639. The van der Waals surface area contributed by atoms with E-state index in [0.717, 1.165) is 30.0 Å². The normalized spacial score (nSPS) is 12.5. The van der Waals surface area contributed by atoms with Crippen LogP contribution in [-0.4, -0.2) is 16.4 Å². The molecule has 3 N–H and O–H groups in total. The van der Waals surface area contributed by atoms with Crippen LogP contribution in [0.2, 0.25) is 0 Å². The third kappa shape index (κ3) is 3.12. The van der Waals surface area contributed by atoms with Gasteiger partial charge in [0.1, 0.15) is 10.8 Å². The number of hydrogen-bond acceptors (Lipinski definition) is 5. The molecule has 3 aromatic rings. The van der Waals surface area contributed by atoms with Gasteiger partial charge in [-0.05, 0) is 65.9 Å². The Hall–Kier alpha value is -1.38. The highest BCUT2D eigenvalue weighted by Gasteiger charge is 2.09. The lowest BCUT2D eigenvalue weighted by Crippen LogP contribution is -2.09. The average Bonchev–Trinajstić information content (AvgIpc) is 2.84. The van der Waals surface area contributed by atoms with Crippen molar-refractivity contribution in [3.05, 3.63) is 40.0 Å². The predicted molar refractivity (Wildman–Crippen MR) is 94.5 cm³/mol. The first-order chi connectivity index (χ1) is 10.0. The summed E-state index contributed by atoms with van der Waals surface area (Å²) in [4.78, 5) is 4.63. The fraction of sp³-hybridized carbons (Fsp3) is 0.133. The summed E-state index contributed by atoms with van der Waals surface area (Å²) in [7, 11) is 0. The Morgan fingerprint density at radius 3 is 2.81 bits per heavy atom. The van der Waals surface area contributed by atoms with Gasteiger partial charge in [0.15, 0.2) is 6.29 Å². The molecule has 0 radical (unpaired) electrons. The van der Waals surface area contributed by atoms with Gasteiger partial charge in [-0.2, -0.15) is 0 Å². The molecule has 0 bridgehead atoms. The zero-order valence-electron chi connectivity index (χ0n) is 11.2. The number of benzene rings is 2. The number of nitrogen functional groups attached to an aromatic ring is 1. The van der Waals surface area contributed by atoms with Gasteiger partial charge in [-0.25, -0.2) is 4.98 Å². The number of aliphatic hydroxyl groups excluding tert-OH is 1. The number of hydrogen-bond donors (Lipinski definition) is 2. The number of fused-ring (bicyclic) bond motifs is 1. The maximum Gasteiger partial charge on any atom is 0.194 e. The zero-order valence-corrected chi connectivity index (χ0v) is 14.2. The van der Waals surface area contributed by atoms with Crippen LogP contribution in [0.1, 0.15) is 6.92 Å². The van der Waals surface area contributed by atoms with Gasteiger partial charge in [0.2, 0.25) is 0 Å². The summed E-state index contributed by atoms with van der Waals surface area (Å²) >= 11 is 3.81. The Morgan fingerprint density at radius 2 is 2.10 bits per heavy atom. The lowest BCUT2D eigenvalue weighted by atomic mass is 10.2. The summed E-state index contributed by atoms with van der Waals surface area (Å²) in [6, 6.07) is 11.5. The molecule has 0 spiro atoms. The smallest absolute Gasteiger partial charge is 0.194 e. The second-order valence-electron chi connectivity index (χ2n) is 4.60. The van der Waals surface area contributed by atoms with E-state index < -0.39 is 6.29 Å². The summed E-state index contributed by atoms with van der Waals surface area (Å²) in [5.74, 6) is 0.639. The van der Waals surface area contributed by atoms with Crippen molar-refractivity contribution in [3.63, 3.8) is 0 Å². The molecule has 1 atom stereocenters. The Labute approximate surface area is 139 Å². The minimum atomic E-state index is -0.825. The van der Waals surface area contributed by atoms with Crippen molar-refractivity contribution in [3.8, 4) is 16.3 Å². The molecule has 1 aromatic heterocycles. The van der Waals surface area contributed by atoms with Crippen molar-refractivity contribution in [2.45, 2.75) is 13.2 Å². The van der Waals surface area contributed by atoms with Crippen LogP contribution in [0.3, 0.4) is 0 Å². The number of rotatable bonds is 3. The molecule has 0 fully saturated rings. The molecule has 3 rings (SSSR count). The van der Waals surface area contributed by atoms with Crippen molar-refractivity contribution in [2.75, 3.05) is 5.73 Å². The van der Waals surface area contributed by atoms with Gasteiger partial charge in [0.25, 0.3) is 0 Å². The second kappa shape index (κ2) is 5.78. The van der Waals surface area contributed by atoms with E-state index in [0.29, 0.717) is 5.75 Å². The van der Waals surface area contributed by atoms with Crippen molar-refractivity contribution in [1.82, 2.24) is 4.98 Å². The lowest BCUT2D eigenvalue weighted by molar-refractivity contribution is -0.000177. The molecule has 2 aromatic carbocycles. The van der Waals surface area contributed by atoms with E-state index in [1.54, 1.807) is 18.3 Å². The van der Waals surface area contributed by atoms with Crippen LogP contribution in [0.4, 0.5) is 5.69 Å². The average molecular weight is 412 g/mol. The quantitative estimate of drug-likeness (QED) is 0.390. The van der Waals surface area contributed by atoms with Gasteiger partial charge >= 0.3 is 0 Å². The molecule has 6 heteroatoms. The first-order valence-corrected chi connectivity index (χ1v) is 8.23. The number of ether oxygens (including phenoxy) is 1. The third-order valence-electron chi connectivity index (χ3n) is 2.91. The highest BCUT2D eigenvalue weighted by Crippen LogP contribution is 2.33. The molecular weight excluding hydrogens is 399 g/mol. The molecule has 108 valence electrons. The molecule has 0 saturated carbocycles. The maximum absolute atomic E-state index is 9.27. The number of aromatic nitrogens is 1. The van der Waals surface area contributed by atoms with Gasteiger partial charge < -0.3 is 15.6 Å². The first kappa shape index (κ1) is 14.6. The number of halogens is 1. The van der Waals surface area contributed by atoms with Crippen LogP contribution >= 0.6 is 33.9 Å². The number of nitrogens with zero attached hydrogens (tertiary/aromatic N) is 1. The third-order valence-corrected chi connectivity index (χ3v) is 4.92. The topological polar surface area (TPSA) is 68.4 Å². The fourth-order valence-corrected chi connectivity index (χ4v) is 3.46. The lowest BCUT2D eigenvalue weighted by Gasteiger charge is -2.07. The van der Waals surface area contributed by atoms with Crippen LogP contribution in [0, 0.1) is 3.57 Å². The van der Waals surface area contributed by atoms with E-state index in [1.807, 2.05) is 36.4 Å². The second-order valence-corrected chi connectivity index (χ2v) is 6.79. The number of aliphatic hydroxyl groups is 1. The van der Waals surface area contributed by atoms with Gasteiger partial charge in [0.05, 0.1) is 10.2 Å². The minimum Gasteiger partial charge on any atom is -0.465 e. The Morgan fingerprint density at radius 1 is 1.29 bits per heavy atom. The standard InChI is InChI=1S/C15H13IN2O2S/c1-8(19)20-10-3-5-13-14(7-10)21-15(18-13)9-2-4-12(17)11(16)6-9/h2-8,19H,17H2,1H3. The number of thiazole rings is 1. The van der Waals surface area contributed by atoms with Crippen molar-refractivity contribution < 1.29 is 9.84 Å². The van der Waals surface area contributed by atoms with Gasteiger partial charge in [-0.3, -0.25) is 0 Å². The van der Waals surface area contributed by atoms with Crippen LogP contribution < -0.4 is 10.5 Å². The highest BCUT2D eigenvalue weighted by molar-refractivity contribution is 14.1. The summed E-state index contributed by atoms with van der Waals surface area (Å²) < 4.78 is 7.33. The van der Waals surface area contributed by atoms with E-state index >= 15 is 0 Å². The molecule has 0 aliphatic carbocycles. The summed E-state index contributed by atoms with van der Waals surface area (Å²) in [5, 5.41) is 10.2. The van der Waals surface area contributed by atoms with Crippen LogP contribution in [-0.2, 0) is 0 Å². The Kier molecular flexibility index (Phi) is 4.01.